The van der Waals surface area contributed by atoms with Gasteiger partial charge in [0, 0.05) is 12.2 Å². The highest BCUT2D eigenvalue weighted by Crippen LogP contribution is 2.17. The summed E-state index contributed by atoms with van der Waals surface area (Å²) >= 11 is 0. The van der Waals surface area contributed by atoms with Crippen molar-refractivity contribution in [1.29, 1.82) is 0 Å². The van der Waals surface area contributed by atoms with Crippen LogP contribution in [0.15, 0.2) is 42.5 Å². The van der Waals surface area contributed by atoms with Crippen LogP contribution in [0.5, 0.6) is 0 Å². The molecule has 0 fully saturated rings. The largest absolute Gasteiger partial charge is 0.381 e. The van der Waals surface area contributed by atoms with Gasteiger partial charge in [0.1, 0.15) is 0 Å². The van der Waals surface area contributed by atoms with E-state index in [1.165, 1.54) is 27.9 Å². The van der Waals surface area contributed by atoms with E-state index in [4.69, 9.17) is 0 Å². The third-order valence-electron chi connectivity index (χ3n) is 3.53. The molecule has 0 saturated heterocycles. The van der Waals surface area contributed by atoms with E-state index >= 15 is 0 Å². The summed E-state index contributed by atoms with van der Waals surface area (Å²) in [6.45, 7) is 9.68. The molecule has 0 radical (unpaired) electrons. The molecule has 0 unspecified atom stereocenters. The van der Waals surface area contributed by atoms with Gasteiger partial charge >= 0.3 is 0 Å². The Balaban J connectivity index is 1.96. The molecule has 106 valence electrons. The number of rotatable bonds is 5. The molecule has 0 atom stereocenters. The Bertz CT molecular complexity index is 552. The highest BCUT2D eigenvalue weighted by molar-refractivity contribution is 5.52. The smallest absolute Gasteiger partial charge is 0.0400 e. The van der Waals surface area contributed by atoms with Crippen LogP contribution in [0.3, 0.4) is 0 Å². The van der Waals surface area contributed by atoms with Gasteiger partial charge in [0.25, 0.3) is 0 Å². The lowest BCUT2D eigenvalue weighted by Crippen LogP contribution is -2.01. The monoisotopic (exact) mass is 267 g/mol. The predicted molar refractivity (Wildman–Crippen MR) is 88.2 cm³/mol. The molecule has 20 heavy (non-hydrogen) atoms. The molecule has 1 heteroatoms. The minimum Gasteiger partial charge on any atom is -0.381 e. The zero-order valence-electron chi connectivity index (χ0n) is 13.0. The number of hydrogen-bond acceptors (Lipinski definition) is 1. The SMILES string of the molecule is Cc1ccc(NCc2ccc(CC(C)C)cc2)c(C)c1. The Labute approximate surface area is 123 Å². The van der Waals surface area contributed by atoms with Crippen LogP contribution in [0.2, 0.25) is 0 Å². The molecule has 2 aromatic rings. The minimum atomic E-state index is 0.717. The first-order chi connectivity index (χ1) is 9.54. The van der Waals surface area contributed by atoms with Crippen molar-refractivity contribution in [1.82, 2.24) is 0 Å². The first-order valence-corrected chi connectivity index (χ1v) is 7.43. The van der Waals surface area contributed by atoms with Gasteiger partial charge in [-0.25, -0.2) is 0 Å². The van der Waals surface area contributed by atoms with Crippen molar-refractivity contribution < 1.29 is 0 Å². The molecular formula is C19H25N. The molecule has 0 bridgehead atoms. The topological polar surface area (TPSA) is 12.0 Å². The van der Waals surface area contributed by atoms with E-state index in [0.717, 1.165) is 13.0 Å². The number of anilines is 1. The van der Waals surface area contributed by atoms with Crippen LogP contribution in [0.25, 0.3) is 0 Å². The van der Waals surface area contributed by atoms with Gasteiger partial charge in [-0.15, -0.1) is 0 Å². The maximum absolute atomic E-state index is 3.52. The van der Waals surface area contributed by atoms with Crippen LogP contribution in [-0.2, 0) is 13.0 Å². The van der Waals surface area contributed by atoms with Crippen molar-refractivity contribution in [3.05, 3.63) is 64.7 Å². The van der Waals surface area contributed by atoms with E-state index in [-0.39, 0.29) is 0 Å². The Kier molecular flexibility index (Phi) is 4.84. The molecule has 2 aromatic carbocycles. The summed E-state index contributed by atoms with van der Waals surface area (Å²) in [5.74, 6) is 0.717. The lowest BCUT2D eigenvalue weighted by Gasteiger charge is -2.11. The van der Waals surface area contributed by atoms with Gasteiger partial charge in [0.05, 0.1) is 0 Å². The summed E-state index contributed by atoms with van der Waals surface area (Å²) in [7, 11) is 0. The number of benzene rings is 2. The van der Waals surface area contributed by atoms with Crippen molar-refractivity contribution in [3.63, 3.8) is 0 Å². The summed E-state index contributed by atoms with van der Waals surface area (Å²) in [4.78, 5) is 0. The van der Waals surface area contributed by atoms with Gasteiger partial charge in [-0.2, -0.15) is 0 Å². The lowest BCUT2D eigenvalue weighted by molar-refractivity contribution is 0.647. The van der Waals surface area contributed by atoms with E-state index in [9.17, 15) is 0 Å². The molecule has 0 saturated carbocycles. The van der Waals surface area contributed by atoms with Crippen LogP contribution in [0.4, 0.5) is 5.69 Å². The molecular weight excluding hydrogens is 242 g/mol. The summed E-state index contributed by atoms with van der Waals surface area (Å²) in [6, 6.07) is 15.5. The van der Waals surface area contributed by atoms with E-state index in [1.807, 2.05) is 0 Å². The van der Waals surface area contributed by atoms with Crippen molar-refractivity contribution in [2.75, 3.05) is 5.32 Å². The van der Waals surface area contributed by atoms with Crippen LogP contribution < -0.4 is 5.32 Å². The fraction of sp³-hybridized carbons (Fsp3) is 0.368. The molecule has 2 rings (SSSR count). The molecule has 0 amide bonds. The average Bonchev–Trinajstić information content (AvgIpc) is 2.39. The Morgan fingerprint density at radius 1 is 0.900 bits per heavy atom. The summed E-state index contributed by atoms with van der Waals surface area (Å²) in [5, 5.41) is 3.52. The number of nitrogens with one attached hydrogen (secondary N) is 1. The van der Waals surface area contributed by atoms with Crippen molar-refractivity contribution in [3.8, 4) is 0 Å². The highest BCUT2D eigenvalue weighted by Gasteiger charge is 2.00. The first kappa shape index (κ1) is 14.6. The van der Waals surface area contributed by atoms with Gasteiger partial charge in [-0.05, 0) is 48.9 Å². The maximum Gasteiger partial charge on any atom is 0.0400 e. The molecule has 0 spiro atoms. The second kappa shape index (κ2) is 6.60. The standard InChI is InChI=1S/C19H25N/c1-14(2)11-17-6-8-18(9-7-17)13-20-19-10-5-15(3)12-16(19)4/h5-10,12,14,20H,11,13H2,1-4H3. The summed E-state index contributed by atoms with van der Waals surface area (Å²) in [6.07, 6.45) is 1.16. The first-order valence-electron chi connectivity index (χ1n) is 7.43. The normalized spacial score (nSPS) is 10.8. The third-order valence-corrected chi connectivity index (χ3v) is 3.53. The molecule has 1 N–H and O–H groups in total. The van der Waals surface area contributed by atoms with Gasteiger partial charge in [0.15, 0.2) is 0 Å². The molecule has 0 aliphatic rings. The zero-order chi connectivity index (χ0) is 14.5. The van der Waals surface area contributed by atoms with Crippen LogP contribution >= 0.6 is 0 Å². The Hall–Kier alpha value is -1.76. The van der Waals surface area contributed by atoms with Crippen molar-refractivity contribution >= 4 is 5.69 Å². The second-order valence-electron chi connectivity index (χ2n) is 6.09. The minimum absolute atomic E-state index is 0.717. The fourth-order valence-electron chi connectivity index (χ4n) is 2.47. The maximum atomic E-state index is 3.52. The lowest BCUT2D eigenvalue weighted by atomic mass is 10.0. The fourth-order valence-corrected chi connectivity index (χ4v) is 2.47. The number of hydrogen-bond donors (Lipinski definition) is 1. The molecule has 0 aliphatic heterocycles. The van der Waals surface area contributed by atoms with Gasteiger partial charge < -0.3 is 5.32 Å². The van der Waals surface area contributed by atoms with E-state index < -0.39 is 0 Å². The average molecular weight is 267 g/mol. The molecule has 0 heterocycles. The quantitative estimate of drug-likeness (QED) is 0.793. The van der Waals surface area contributed by atoms with E-state index in [1.54, 1.807) is 0 Å². The van der Waals surface area contributed by atoms with Crippen LogP contribution in [0, 0.1) is 19.8 Å². The summed E-state index contributed by atoms with van der Waals surface area (Å²) < 4.78 is 0. The summed E-state index contributed by atoms with van der Waals surface area (Å²) in [5.41, 5.74) is 6.60. The molecule has 0 aromatic heterocycles. The Morgan fingerprint density at radius 3 is 2.15 bits per heavy atom. The second-order valence-corrected chi connectivity index (χ2v) is 6.09. The van der Waals surface area contributed by atoms with E-state index in [0.29, 0.717) is 5.92 Å². The predicted octanol–water partition coefficient (Wildman–Crippen LogP) is 5.11. The van der Waals surface area contributed by atoms with Crippen molar-refractivity contribution in [2.45, 2.75) is 40.7 Å². The third kappa shape index (κ3) is 4.12. The van der Waals surface area contributed by atoms with Gasteiger partial charge in [0.2, 0.25) is 0 Å². The van der Waals surface area contributed by atoms with Crippen LogP contribution in [0.1, 0.15) is 36.1 Å². The van der Waals surface area contributed by atoms with Gasteiger partial charge in [-0.3, -0.25) is 0 Å². The van der Waals surface area contributed by atoms with Crippen molar-refractivity contribution in [2.24, 2.45) is 5.92 Å². The molecule has 1 nitrogen and oxygen atoms in total. The molecule has 0 aliphatic carbocycles. The Morgan fingerprint density at radius 2 is 1.55 bits per heavy atom. The highest BCUT2D eigenvalue weighted by atomic mass is 14.9. The zero-order valence-corrected chi connectivity index (χ0v) is 13.0. The number of aryl methyl sites for hydroxylation is 2. The van der Waals surface area contributed by atoms with Gasteiger partial charge in [-0.1, -0.05) is 55.8 Å². The van der Waals surface area contributed by atoms with E-state index in [2.05, 4.69) is 75.5 Å². The van der Waals surface area contributed by atoms with Crippen LogP contribution in [-0.4, -0.2) is 0 Å².